The lowest BCUT2D eigenvalue weighted by Crippen LogP contribution is -2.40. The van der Waals surface area contributed by atoms with Gasteiger partial charge in [0, 0.05) is 36.7 Å². The standard InChI is InChI=1S/C21H25N5O2/c1-16(6-7-17-8-10-19(28-2)11-9-17)25-21(27)23-15-18-5-3-12-22-20(18)26-14-4-13-24-26/h3-5,8-14,16H,6-7,15H2,1-2H3,(H2,23,25,27)/t16-/m1/s1. The Balaban J connectivity index is 1.46. The summed E-state index contributed by atoms with van der Waals surface area (Å²) in [6.07, 6.45) is 6.97. The number of hydrogen-bond acceptors (Lipinski definition) is 4. The number of nitrogens with one attached hydrogen (secondary N) is 2. The van der Waals surface area contributed by atoms with Crippen molar-refractivity contribution in [1.29, 1.82) is 0 Å². The van der Waals surface area contributed by atoms with E-state index in [1.54, 1.807) is 24.2 Å². The van der Waals surface area contributed by atoms with Crippen LogP contribution in [0.5, 0.6) is 5.75 Å². The monoisotopic (exact) mass is 379 g/mol. The van der Waals surface area contributed by atoms with Crippen molar-refractivity contribution in [3.05, 3.63) is 72.2 Å². The lowest BCUT2D eigenvalue weighted by molar-refractivity contribution is 0.237. The molecule has 0 fully saturated rings. The van der Waals surface area contributed by atoms with Crippen LogP contribution in [0.15, 0.2) is 61.1 Å². The fourth-order valence-electron chi connectivity index (χ4n) is 2.87. The number of aromatic nitrogens is 3. The second-order valence-electron chi connectivity index (χ2n) is 6.55. The van der Waals surface area contributed by atoms with Crippen molar-refractivity contribution in [2.45, 2.75) is 32.4 Å². The summed E-state index contributed by atoms with van der Waals surface area (Å²) in [7, 11) is 1.66. The molecule has 0 saturated heterocycles. The molecule has 0 unspecified atom stereocenters. The summed E-state index contributed by atoms with van der Waals surface area (Å²) in [5.74, 6) is 1.56. The number of methoxy groups -OCH3 is 1. The van der Waals surface area contributed by atoms with Crippen LogP contribution in [0.3, 0.4) is 0 Å². The zero-order valence-electron chi connectivity index (χ0n) is 16.1. The van der Waals surface area contributed by atoms with Crippen molar-refractivity contribution < 1.29 is 9.53 Å². The van der Waals surface area contributed by atoms with Gasteiger partial charge in [-0.3, -0.25) is 0 Å². The van der Waals surface area contributed by atoms with Gasteiger partial charge in [-0.15, -0.1) is 0 Å². The number of rotatable bonds is 8. The molecule has 0 bridgehead atoms. The summed E-state index contributed by atoms with van der Waals surface area (Å²) in [6, 6.07) is 13.5. The van der Waals surface area contributed by atoms with Crippen molar-refractivity contribution >= 4 is 6.03 Å². The van der Waals surface area contributed by atoms with Crippen LogP contribution in [0, 0.1) is 0 Å². The largest absolute Gasteiger partial charge is 0.497 e. The van der Waals surface area contributed by atoms with Crippen molar-refractivity contribution in [3.8, 4) is 11.6 Å². The molecule has 2 amide bonds. The number of aryl methyl sites for hydroxylation is 1. The van der Waals surface area contributed by atoms with E-state index in [0.29, 0.717) is 12.4 Å². The molecule has 0 spiro atoms. The fraction of sp³-hybridized carbons (Fsp3) is 0.286. The minimum Gasteiger partial charge on any atom is -0.497 e. The Morgan fingerprint density at radius 1 is 1.18 bits per heavy atom. The molecule has 146 valence electrons. The topological polar surface area (TPSA) is 81.1 Å². The quantitative estimate of drug-likeness (QED) is 0.630. The molecule has 3 aromatic rings. The van der Waals surface area contributed by atoms with E-state index in [1.165, 1.54) is 5.56 Å². The highest BCUT2D eigenvalue weighted by molar-refractivity contribution is 5.74. The Morgan fingerprint density at radius 2 is 2.00 bits per heavy atom. The van der Waals surface area contributed by atoms with Crippen molar-refractivity contribution in [1.82, 2.24) is 25.4 Å². The van der Waals surface area contributed by atoms with Gasteiger partial charge in [-0.1, -0.05) is 18.2 Å². The zero-order chi connectivity index (χ0) is 19.8. The SMILES string of the molecule is COc1ccc(CC[C@@H](C)NC(=O)NCc2cccnc2-n2cccn2)cc1. The van der Waals surface area contributed by atoms with Gasteiger partial charge >= 0.3 is 6.03 Å². The number of amides is 2. The summed E-state index contributed by atoms with van der Waals surface area (Å²) < 4.78 is 6.85. The van der Waals surface area contributed by atoms with E-state index in [1.807, 2.05) is 55.6 Å². The first-order valence-electron chi connectivity index (χ1n) is 9.27. The molecule has 2 N–H and O–H groups in total. The molecular formula is C21H25N5O2. The maximum atomic E-state index is 12.2. The number of carbonyl (C=O) groups excluding carboxylic acids is 1. The third-order valence-corrected chi connectivity index (χ3v) is 4.43. The van der Waals surface area contributed by atoms with E-state index in [2.05, 4.69) is 20.7 Å². The lowest BCUT2D eigenvalue weighted by Gasteiger charge is -2.15. The van der Waals surface area contributed by atoms with Crippen molar-refractivity contribution in [3.63, 3.8) is 0 Å². The minimum absolute atomic E-state index is 0.0570. The Morgan fingerprint density at radius 3 is 2.71 bits per heavy atom. The Labute approximate surface area is 164 Å². The number of urea groups is 1. The molecule has 0 aliphatic carbocycles. The van der Waals surface area contributed by atoms with Crippen molar-refractivity contribution in [2.75, 3.05) is 7.11 Å². The molecule has 0 saturated carbocycles. The van der Waals surface area contributed by atoms with Crippen LogP contribution in [-0.4, -0.2) is 33.9 Å². The Bertz CT molecular complexity index is 878. The van der Waals surface area contributed by atoms with E-state index in [9.17, 15) is 4.79 Å². The normalized spacial score (nSPS) is 11.6. The van der Waals surface area contributed by atoms with Gasteiger partial charge in [0.15, 0.2) is 5.82 Å². The van der Waals surface area contributed by atoms with Crippen LogP contribution in [0.25, 0.3) is 5.82 Å². The second kappa shape index (κ2) is 9.55. The fourth-order valence-corrected chi connectivity index (χ4v) is 2.87. The van der Waals surface area contributed by atoms with E-state index >= 15 is 0 Å². The zero-order valence-corrected chi connectivity index (χ0v) is 16.1. The van der Waals surface area contributed by atoms with Crippen LogP contribution in [-0.2, 0) is 13.0 Å². The number of benzene rings is 1. The van der Waals surface area contributed by atoms with Crippen LogP contribution in [0.1, 0.15) is 24.5 Å². The van der Waals surface area contributed by atoms with Gasteiger partial charge in [-0.05, 0) is 49.6 Å². The molecule has 2 aromatic heterocycles. The highest BCUT2D eigenvalue weighted by Gasteiger charge is 2.10. The number of ether oxygens (including phenoxy) is 1. The van der Waals surface area contributed by atoms with E-state index in [-0.39, 0.29) is 12.1 Å². The summed E-state index contributed by atoms with van der Waals surface area (Å²) in [5, 5.41) is 10.1. The van der Waals surface area contributed by atoms with Crippen LogP contribution < -0.4 is 15.4 Å². The molecule has 1 atom stereocenters. The predicted molar refractivity (Wildman–Crippen MR) is 108 cm³/mol. The molecule has 3 rings (SSSR count). The van der Waals surface area contributed by atoms with E-state index in [4.69, 9.17) is 4.74 Å². The molecule has 28 heavy (non-hydrogen) atoms. The number of carbonyl (C=O) groups is 1. The summed E-state index contributed by atoms with van der Waals surface area (Å²) in [4.78, 5) is 16.6. The van der Waals surface area contributed by atoms with Crippen LogP contribution in [0.4, 0.5) is 4.79 Å². The van der Waals surface area contributed by atoms with Gasteiger partial charge in [0.25, 0.3) is 0 Å². The number of hydrogen-bond donors (Lipinski definition) is 2. The molecule has 0 radical (unpaired) electrons. The Hall–Kier alpha value is -3.35. The van der Waals surface area contributed by atoms with Gasteiger partial charge in [-0.25, -0.2) is 14.5 Å². The van der Waals surface area contributed by atoms with Gasteiger partial charge in [-0.2, -0.15) is 5.10 Å². The highest BCUT2D eigenvalue weighted by atomic mass is 16.5. The maximum absolute atomic E-state index is 12.2. The minimum atomic E-state index is -0.197. The number of pyridine rings is 1. The highest BCUT2D eigenvalue weighted by Crippen LogP contribution is 2.13. The summed E-state index contributed by atoms with van der Waals surface area (Å²) in [5.41, 5.74) is 2.11. The predicted octanol–water partition coefficient (Wildman–Crippen LogP) is 3.10. The molecule has 2 heterocycles. The van der Waals surface area contributed by atoms with Gasteiger partial charge in [0.2, 0.25) is 0 Å². The van der Waals surface area contributed by atoms with Crippen LogP contribution >= 0.6 is 0 Å². The first-order valence-corrected chi connectivity index (χ1v) is 9.27. The average Bonchev–Trinajstić information content (AvgIpc) is 3.26. The smallest absolute Gasteiger partial charge is 0.315 e. The summed E-state index contributed by atoms with van der Waals surface area (Å²) >= 11 is 0. The van der Waals surface area contributed by atoms with Gasteiger partial charge < -0.3 is 15.4 Å². The van der Waals surface area contributed by atoms with Gasteiger partial charge in [0.1, 0.15) is 5.75 Å². The first kappa shape index (κ1) is 19.4. The molecular weight excluding hydrogens is 354 g/mol. The molecule has 0 aliphatic heterocycles. The average molecular weight is 379 g/mol. The molecule has 7 heteroatoms. The maximum Gasteiger partial charge on any atom is 0.315 e. The molecule has 1 aromatic carbocycles. The van der Waals surface area contributed by atoms with E-state index < -0.39 is 0 Å². The molecule has 0 aliphatic rings. The van der Waals surface area contributed by atoms with E-state index in [0.717, 1.165) is 24.2 Å². The third kappa shape index (κ3) is 5.33. The van der Waals surface area contributed by atoms with Crippen molar-refractivity contribution in [2.24, 2.45) is 0 Å². The van der Waals surface area contributed by atoms with Crippen LogP contribution in [0.2, 0.25) is 0 Å². The third-order valence-electron chi connectivity index (χ3n) is 4.43. The second-order valence-corrected chi connectivity index (χ2v) is 6.55. The van der Waals surface area contributed by atoms with Gasteiger partial charge in [0.05, 0.1) is 7.11 Å². The number of nitrogens with zero attached hydrogens (tertiary/aromatic N) is 3. The first-order chi connectivity index (χ1) is 13.7. The lowest BCUT2D eigenvalue weighted by atomic mass is 10.1. The Kier molecular flexibility index (Phi) is 6.62. The molecule has 7 nitrogen and oxygen atoms in total. The summed E-state index contributed by atoms with van der Waals surface area (Å²) in [6.45, 7) is 2.38.